The van der Waals surface area contributed by atoms with E-state index >= 15 is 0 Å². The molecule has 0 amide bonds. The zero-order valence-electron chi connectivity index (χ0n) is 18.1. The Hall–Kier alpha value is -2.99. The molecule has 4 rings (SSSR count). The number of ether oxygens (including phenoxy) is 2. The Morgan fingerprint density at radius 3 is 2.43 bits per heavy atom. The Morgan fingerprint density at radius 1 is 1.07 bits per heavy atom. The molecule has 158 valence electrons. The third kappa shape index (κ3) is 3.87. The highest BCUT2D eigenvalue weighted by Crippen LogP contribution is 2.28. The number of methoxy groups -OCH3 is 2. The summed E-state index contributed by atoms with van der Waals surface area (Å²) in [6, 6.07) is 14.3. The first-order chi connectivity index (χ1) is 14.5. The summed E-state index contributed by atoms with van der Waals surface area (Å²) in [6.07, 6.45) is 0. The molecule has 1 N–H and O–H groups in total. The van der Waals surface area contributed by atoms with E-state index in [2.05, 4.69) is 33.8 Å². The fourth-order valence-electron chi connectivity index (χ4n) is 4.41. The molecule has 1 aliphatic heterocycles. The van der Waals surface area contributed by atoms with Crippen LogP contribution < -0.4 is 14.4 Å². The number of ketones is 1. The Kier molecular flexibility index (Phi) is 5.68. The van der Waals surface area contributed by atoms with Crippen LogP contribution >= 0.6 is 0 Å². The van der Waals surface area contributed by atoms with Gasteiger partial charge in [-0.2, -0.15) is 0 Å². The number of aromatic amines is 1. The van der Waals surface area contributed by atoms with Gasteiger partial charge in [-0.1, -0.05) is 0 Å². The van der Waals surface area contributed by atoms with E-state index < -0.39 is 0 Å². The number of hydrogen-bond acceptors (Lipinski definition) is 5. The van der Waals surface area contributed by atoms with Crippen molar-refractivity contribution in [1.29, 1.82) is 0 Å². The summed E-state index contributed by atoms with van der Waals surface area (Å²) in [4.78, 5) is 21.2. The first-order valence-corrected chi connectivity index (χ1v) is 10.3. The van der Waals surface area contributed by atoms with E-state index in [-0.39, 0.29) is 5.78 Å². The van der Waals surface area contributed by atoms with E-state index in [1.165, 1.54) is 5.69 Å². The van der Waals surface area contributed by atoms with Gasteiger partial charge in [0.1, 0.15) is 11.5 Å². The smallest absolute Gasteiger partial charge is 0.179 e. The maximum Gasteiger partial charge on any atom is 0.179 e. The second-order valence-corrected chi connectivity index (χ2v) is 7.94. The molecule has 0 radical (unpaired) electrons. The highest BCUT2D eigenvalue weighted by Gasteiger charge is 2.27. The summed E-state index contributed by atoms with van der Waals surface area (Å²) >= 11 is 0. The second-order valence-electron chi connectivity index (χ2n) is 7.94. The molecule has 0 bridgehead atoms. The monoisotopic (exact) mass is 407 g/mol. The molecule has 6 nitrogen and oxygen atoms in total. The van der Waals surface area contributed by atoms with Gasteiger partial charge in [0.05, 0.1) is 20.8 Å². The molecule has 2 aromatic carbocycles. The summed E-state index contributed by atoms with van der Waals surface area (Å²) in [6.45, 7) is 7.19. The number of hydrogen-bond donors (Lipinski definition) is 1. The lowest BCUT2D eigenvalue weighted by Crippen LogP contribution is -2.53. The van der Waals surface area contributed by atoms with E-state index in [4.69, 9.17) is 9.47 Å². The summed E-state index contributed by atoms with van der Waals surface area (Å²) in [5, 5.41) is 0.932. The number of aryl methyl sites for hydroxylation is 1. The lowest BCUT2D eigenvalue weighted by atomic mass is 10.0. The largest absolute Gasteiger partial charge is 0.497 e. The topological polar surface area (TPSA) is 57.8 Å². The molecule has 0 unspecified atom stereocenters. The van der Waals surface area contributed by atoms with Gasteiger partial charge in [-0.05, 0) is 56.3 Å². The van der Waals surface area contributed by atoms with Gasteiger partial charge in [0.2, 0.25) is 0 Å². The number of carbonyl (C=O) groups is 1. The minimum atomic E-state index is 0.150. The van der Waals surface area contributed by atoms with Crippen molar-refractivity contribution in [1.82, 2.24) is 9.88 Å². The molecule has 1 fully saturated rings. The molecule has 6 heteroatoms. The normalized spacial score (nSPS) is 17.3. The molecule has 0 spiro atoms. The van der Waals surface area contributed by atoms with Gasteiger partial charge in [-0.15, -0.1) is 0 Å². The van der Waals surface area contributed by atoms with Crippen LogP contribution in [0.2, 0.25) is 0 Å². The van der Waals surface area contributed by atoms with Crippen molar-refractivity contribution in [2.75, 3.05) is 45.3 Å². The average Bonchev–Trinajstić information content (AvgIpc) is 3.08. The van der Waals surface area contributed by atoms with Crippen LogP contribution in [-0.4, -0.2) is 62.1 Å². The van der Waals surface area contributed by atoms with Gasteiger partial charge >= 0.3 is 0 Å². The molecule has 1 saturated heterocycles. The highest BCUT2D eigenvalue weighted by molar-refractivity contribution is 6.10. The van der Waals surface area contributed by atoms with Gasteiger partial charge < -0.3 is 19.4 Å². The number of piperazine rings is 1. The number of benzene rings is 2. The Morgan fingerprint density at radius 2 is 1.77 bits per heavy atom. The van der Waals surface area contributed by atoms with Crippen LogP contribution in [0.4, 0.5) is 5.69 Å². The van der Waals surface area contributed by atoms with Crippen molar-refractivity contribution < 1.29 is 14.3 Å². The molecule has 1 atom stereocenters. The summed E-state index contributed by atoms with van der Waals surface area (Å²) < 4.78 is 10.6. The zero-order valence-corrected chi connectivity index (χ0v) is 18.1. The molecule has 30 heavy (non-hydrogen) atoms. The maximum atomic E-state index is 13.2. The van der Waals surface area contributed by atoms with Crippen molar-refractivity contribution in [3.63, 3.8) is 0 Å². The predicted octanol–water partition coefficient (Wildman–Crippen LogP) is 3.89. The third-order valence-corrected chi connectivity index (χ3v) is 5.95. The second kappa shape index (κ2) is 8.40. The van der Waals surface area contributed by atoms with Crippen LogP contribution in [0.1, 0.15) is 23.0 Å². The molecule has 3 aromatic rings. The van der Waals surface area contributed by atoms with E-state index in [0.717, 1.165) is 53.3 Å². The van der Waals surface area contributed by atoms with Crippen molar-refractivity contribution in [3.8, 4) is 11.5 Å². The van der Waals surface area contributed by atoms with Crippen molar-refractivity contribution >= 4 is 22.4 Å². The van der Waals surface area contributed by atoms with E-state index in [9.17, 15) is 4.79 Å². The molecular weight excluding hydrogens is 378 g/mol. The first kappa shape index (κ1) is 20.3. The van der Waals surface area contributed by atoms with Crippen molar-refractivity contribution in [2.24, 2.45) is 0 Å². The number of Topliss-reactive ketones (excluding diaryl/α,β-unsaturated/α-hetero) is 1. The molecule has 1 aliphatic rings. The predicted molar refractivity (Wildman–Crippen MR) is 120 cm³/mol. The molecule has 0 aliphatic carbocycles. The lowest BCUT2D eigenvalue weighted by molar-refractivity contribution is 0.0918. The van der Waals surface area contributed by atoms with Gasteiger partial charge in [0.25, 0.3) is 0 Å². The van der Waals surface area contributed by atoms with E-state index in [1.54, 1.807) is 14.2 Å². The molecule has 1 aromatic heterocycles. The number of nitrogens with one attached hydrogen (secondary N) is 1. The Bertz CT molecular complexity index is 1040. The highest BCUT2D eigenvalue weighted by atomic mass is 16.5. The summed E-state index contributed by atoms with van der Waals surface area (Å²) in [7, 11) is 3.32. The minimum absolute atomic E-state index is 0.150. The average molecular weight is 408 g/mol. The van der Waals surface area contributed by atoms with Gasteiger partial charge in [0.15, 0.2) is 5.78 Å². The fourth-order valence-corrected chi connectivity index (χ4v) is 4.41. The van der Waals surface area contributed by atoms with Crippen LogP contribution in [0, 0.1) is 6.92 Å². The number of H-pyrrole nitrogens is 1. The lowest BCUT2D eigenvalue weighted by Gasteiger charge is -2.41. The Balaban J connectivity index is 1.46. The quantitative estimate of drug-likeness (QED) is 0.629. The Labute approximate surface area is 177 Å². The third-order valence-electron chi connectivity index (χ3n) is 5.95. The van der Waals surface area contributed by atoms with Crippen LogP contribution in [0.25, 0.3) is 10.9 Å². The number of anilines is 1. The number of nitrogens with zero attached hydrogens (tertiary/aromatic N) is 2. The molecular formula is C24H29N3O3. The molecule has 0 saturated carbocycles. The van der Waals surface area contributed by atoms with Gasteiger partial charge in [0, 0.05) is 53.5 Å². The number of fused-ring (bicyclic) bond motifs is 1. The maximum absolute atomic E-state index is 13.2. The van der Waals surface area contributed by atoms with Crippen molar-refractivity contribution in [2.45, 2.75) is 19.9 Å². The SMILES string of the molecule is COc1ccc(N2CCN(CC(=O)c3c(C)[nH]c4ccc(OC)cc34)C[C@H]2C)cc1. The summed E-state index contributed by atoms with van der Waals surface area (Å²) in [5.74, 6) is 1.77. The van der Waals surface area contributed by atoms with Gasteiger partial charge in [-0.25, -0.2) is 0 Å². The van der Waals surface area contributed by atoms with Crippen molar-refractivity contribution in [3.05, 3.63) is 53.7 Å². The van der Waals surface area contributed by atoms with Gasteiger partial charge in [-0.3, -0.25) is 9.69 Å². The summed E-state index contributed by atoms with van der Waals surface area (Å²) in [5.41, 5.74) is 3.84. The first-order valence-electron chi connectivity index (χ1n) is 10.3. The minimum Gasteiger partial charge on any atom is -0.497 e. The standard InChI is InChI=1S/C24H29N3O3/c1-16-14-26(11-12-27(16)18-5-7-19(29-3)8-6-18)15-23(28)24-17(2)25-22-10-9-20(30-4)13-21(22)24/h5-10,13,16,25H,11-12,14-15H2,1-4H3/t16-/m1/s1. The van der Waals surface area contributed by atoms with E-state index in [1.807, 2.05) is 37.3 Å². The zero-order chi connectivity index (χ0) is 21.3. The van der Waals surface area contributed by atoms with Crippen LogP contribution in [0.5, 0.6) is 11.5 Å². The number of aromatic nitrogens is 1. The van der Waals surface area contributed by atoms with E-state index in [0.29, 0.717) is 12.6 Å². The molecule has 2 heterocycles. The number of carbonyl (C=O) groups excluding carboxylic acids is 1. The van der Waals surface area contributed by atoms with Crippen LogP contribution in [-0.2, 0) is 0 Å². The van der Waals surface area contributed by atoms with Crippen LogP contribution in [0.15, 0.2) is 42.5 Å². The fraction of sp³-hybridized carbons (Fsp3) is 0.375. The van der Waals surface area contributed by atoms with Crippen LogP contribution in [0.3, 0.4) is 0 Å². The number of rotatable bonds is 6.